The van der Waals surface area contributed by atoms with E-state index in [-0.39, 0.29) is 23.1 Å². The SMILES string of the molecule is CC(C)Cn1nc(C(=O)N(C)Cc2cnn(-c3ccccc3)c2)c2ccccc2c1=O. The van der Waals surface area contributed by atoms with Crippen LogP contribution >= 0.6 is 0 Å². The smallest absolute Gasteiger partial charge is 0.274 e. The van der Waals surface area contributed by atoms with Crippen molar-refractivity contribution in [2.24, 2.45) is 5.92 Å². The van der Waals surface area contributed by atoms with Crippen molar-refractivity contribution in [1.82, 2.24) is 24.5 Å². The predicted octanol–water partition coefficient (Wildman–Crippen LogP) is 3.51. The summed E-state index contributed by atoms with van der Waals surface area (Å²) in [5.74, 6) is -0.00274. The van der Waals surface area contributed by atoms with Crippen LogP contribution in [0, 0.1) is 5.92 Å². The number of hydrogen-bond acceptors (Lipinski definition) is 4. The minimum absolute atomic E-state index is 0.173. The maximum atomic E-state index is 13.3. The lowest BCUT2D eigenvalue weighted by Crippen LogP contribution is -2.32. The van der Waals surface area contributed by atoms with Crippen molar-refractivity contribution in [2.45, 2.75) is 26.9 Å². The number of benzene rings is 2. The highest BCUT2D eigenvalue weighted by Crippen LogP contribution is 2.17. The summed E-state index contributed by atoms with van der Waals surface area (Å²) in [5, 5.41) is 9.93. The van der Waals surface area contributed by atoms with E-state index in [1.807, 2.05) is 56.4 Å². The van der Waals surface area contributed by atoms with Crippen molar-refractivity contribution in [2.75, 3.05) is 7.05 Å². The van der Waals surface area contributed by atoms with Crippen molar-refractivity contribution in [1.29, 1.82) is 0 Å². The number of fused-ring (bicyclic) bond motifs is 1. The molecule has 4 rings (SSSR count). The summed E-state index contributed by atoms with van der Waals surface area (Å²) in [4.78, 5) is 27.7. The lowest BCUT2D eigenvalue weighted by Gasteiger charge is -2.18. The van der Waals surface area contributed by atoms with Gasteiger partial charge in [0.1, 0.15) is 0 Å². The Morgan fingerprint density at radius 2 is 1.71 bits per heavy atom. The average molecular weight is 415 g/mol. The second-order valence-corrected chi connectivity index (χ2v) is 8.07. The highest BCUT2D eigenvalue weighted by atomic mass is 16.2. The fourth-order valence-electron chi connectivity index (χ4n) is 3.55. The third-order valence-electron chi connectivity index (χ3n) is 5.03. The molecule has 0 saturated heterocycles. The van der Waals surface area contributed by atoms with Gasteiger partial charge in [-0.2, -0.15) is 10.2 Å². The van der Waals surface area contributed by atoms with E-state index in [0.29, 0.717) is 23.9 Å². The Kier molecular flexibility index (Phi) is 5.66. The lowest BCUT2D eigenvalue weighted by molar-refractivity contribution is 0.0778. The van der Waals surface area contributed by atoms with Gasteiger partial charge in [0.15, 0.2) is 5.69 Å². The summed E-state index contributed by atoms with van der Waals surface area (Å²) in [7, 11) is 1.73. The maximum Gasteiger partial charge on any atom is 0.274 e. The highest BCUT2D eigenvalue weighted by Gasteiger charge is 2.21. The van der Waals surface area contributed by atoms with Crippen molar-refractivity contribution >= 4 is 16.7 Å². The molecule has 7 heteroatoms. The lowest BCUT2D eigenvalue weighted by atomic mass is 10.1. The van der Waals surface area contributed by atoms with E-state index < -0.39 is 0 Å². The largest absolute Gasteiger partial charge is 0.336 e. The highest BCUT2D eigenvalue weighted by molar-refractivity contribution is 6.04. The Balaban J connectivity index is 1.64. The van der Waals surface area contributed by atoms with Crippen LogP contribution in [-0.2, 0) is 13.1 Å². The summed E-state index contributed by atoms with van der Waals surface area (Å²) in [6.45, 7) is 4.87. The molecule has 0 unspecified atom stereocenters. The van der Waals surface area contributed by atoms with Gasteiger partial charge in [-0.1, -0.05) is 50.2 Å². The van der Waals surface area contributed by atoms with E-state index in [2.05, 4.69) is 10.2 Å². The fourth-order valence-corrected chi connectivity index (χ4v) is 3.55. The van der Waals surface area contributed by atoms with Crippen molar-refractivity contribution in [3.05, 3.63) is 88.6 Å². The van der Waals surface area contributed by atoms with E-state index in [9.17, 15) is 9.59 Å². The number of carbonyl (C=O) groups is 1. The molecule has 0 atom stereocenters. The number of carbonyl (C=O) groups excluding carboxylic acids is 1. The minimum atomic E-state index is -0.235. The molecule has 0 aliphatic carbocycles. The van der Waals surface area contributed by atoms with Crippen LogP contribution in [0.5, 0.6) is 0 Å². The molecule has 31 heavy (non-hydrogen) atoms. The molecule has 158 valence electrons. The Morgan fingerprint density at radius 1 is 1.03 bits per heavy atom. The molecule has 0 saturated carbocycles. The van der Waals surface area contributed by atoms with E-state index in [1.165, 1.54) is 4.68 Å². The monoisotopic (exact) mass is 415 g/mol. The maximum absolute atomic E-state index is 13.3. The van der Waals surface area contributed by atoms with Crippen LogP contribution in [0.4, 0.5) is 0 Å². The van der Waals surface area contributed by atoms with Crippen LogP contribution in [0.1, 0.15) is 29.9 Å². The van der Waals surface area contributed by atoms with Crippen LogP contribution in [0.25, 0.3) is 16.5 Å². The van der Waals surface area contributed by atoms with E-state index >= 15 is 0 Å². The molecule has 0 aliphatic rings. The van der Waals surface area contributed by atoms with Gasteiger partial charge in [0.05, 0.1) is 17.3 Å². The second kappa shape index (κ2) is 8.55. The van der Waals surface area contributed by atoms with Crippen molar-refractivity contribution in [3.8, 4) is 5.69 Å². The Bertz CT molecular complexity index is 1270. The average Bonchev–Trinajstić information content (AvgIpc) is 3.24. The van der Waals surface area contributed by atoms with Crippen LogP contribution in [0.15, 0.2) is 71.8 Å². The number of amides is 1. The Morgan fingerprint density at radius 3 is 2.42 bits per heavy atom. The number of hydrogen-bond donors (Lipinski definition) is 0. The van der Waals surface area contributed by atoms with E-state index in [4.69, 9.17) is 0 Å². The first-order chi connectivity index (χ1) is 14.9. The molecule has 0 aliphatic heterocycles. The zero-order valence-corrected chi connectivity index (χ0v) is 17.9. The first-order valence-electron chi connectivity index (χ1n) is 10.3. The van der Waals surface area contributed by atoms with Crippen LogP contribution in [0.3, 0.4) is 0 Å². The fraction of sp³-hybridized carbons (Fsp3) is 0.250. The van der Waals surface area contributed by atoms with Crippen LogP contribution in [0.2, 0.25) is 0 Å². The van der Waals surface area contributed by atoms with Crippen molar-refractivity contribution in [3.63, 3.8) is 0 Å². The third kappa shape index (κ3) is 4.26. The molecule has 7 nitrogen and oxygen atoms in total. The Hall–Kier alpha value is -3.74. The van der Waals surface area contributed by atoms with Crippen LogP contribution < -0.4 is 5.56 Å². The molecule has 1 amide bonds. The normalized spacial score (nSPS) is 11.2. The molecule has 2 heterocycles. The van der Waals surface area contributed by atoms with Gasteiger partial charge in [-0.3, -0.25) is 9.59 Å². The molecule has 0 bridgehead atoms. The molecule has 2 aromatic carbocycles. The van der Waals surface area contributed by atoms with Gasteiger partial charge >= 0.3 is 0 Å². The molecular formula is C24H25N5O2. The first-order valence-corrected chi connectivity index (χ1v) is 10.3. The summed E-state index contributed by atoms with van der Waals surface area (Å²) in [6.07, 6.45) is 3.66. The topological polar surface area (TPSA) is 73.0 Å². The number of rotatable bonds is 6. The molecule has 0 spiro atoms. The zero-order chi connectivity index (χ0) is 22.0. The number of para-hydroxylation sites is 1. The molecular weight excluding hydrogens is 390 g/mol. The standard InChI is InChI=1S/C24H25N5O2/c1-17(2)14-29-23(30)21-12-8-7-11-20(21)22(26-29)24(31)27(3)15-18-13-25-28(16-18)19-9-5-4-6-10-19/h4-13,16-17H,14-15H2,1-3H3. The molecule has 0 radical (unpaired) electrons. The summed E-state index contributed by atoms with van der Waals surface area (Å²) < 4.78 is 3.19. The van der Waals surface area contributed by atoms with Crippen molar-refractivity contribution < 1.29 is 4.79 Å². The van der Waals surface area contributed by atoms with Gasteiger partial charge < -0.3 is 4.90 Å². The first kappa shape index (κ1) is 20.5. The van der Waals surface area contributed by atoms with Crippen LogP contribution in [-0.4, -0.2) is 37.4 Å². The summed E-state index contributed by atoms with van der Waals surface area (Å²) in [6, 6.07) is 16.9. The van der Waals surface area contributed by atoms with Gasteiger partial charge in [-0.25, -0.2) is 9.36 Å². The van der Waals surface area contributed by atoms with Gasteiger partial charge in [0.2, 0.25) is 0 Å². The molecule has 0 N–H and O–H groups in total. The molecule has 2 aromatic heterocycles. The van der Waals surface area contributed by atoms with Gasteiger partial charge in [0.25, 0.3) is 11.5 Å². The molecule has 4 aromatic rings. The minimum Gasteiger partial charge on any atom is -0.336 e. The second-order valence-electron chi connectivity index (χ2n) is 8.07. The van der Waals surface area contributed by atoms with Gasteiger partial charge in [0, 0.05) is 37.3 Å². The zero-order valence-electron chi connectivity index (χ0n) is 17.9. The number of nitrogens with zero attached hydrogens (tertiary/aromatic N) is 5. The van der Waals surface area contributed by atoms with Gasteiger partial charge in [-0.15, -0.1) is 0 Å². The third-order valence-corrected chi connectivity index (χ3v) is 5.03. The molecule has 0 fully saturated rings. The summed E-state index contributed by atoms with van der Waals surface area (Å²) >= 11 is 0. The Labute approximate surface area is 180 Å². The van der Waals surface area contributed by atoms with Gasteiger partial charge in [-0.05, 0) is 24.1 Å². The van der Waals surface area contributed by atoms with E-state index in [1.54, 1.807) is 41.0 Å². The predicted molar refractivity (Wildman–Crippen MR) is 120 cm³/mol. The number of aromatic nitrogens is 4. The summed E-state index contributed by atoms with van der Waals surface area (Å²) in [5.41, 5.74) is 1.97. The van der Waals surface area contributed by atoms with E-state index in [0.717, 1.165) is 11.3 Å². The quantitative estimate of drug-likeness (QED) is 0.483.